The largest absolute Gasteiger partial charge is 0.459 e. The van der Waals surface area contributed by atoms with Gasteiger partial charge >= 0.3 is 0 Å². The molecule has 0 unspecified atom stereocenters. The van der Waals surface area contributed by atoms with Crippen molar-refractivity contribution in [3.8, 4) is 0 Å². The SMILES string of the molecule is Cc1cc(NC(=O)c2ccco2)sc1C(=O)NCc1ccc(Br)cc1. The van der Waals surface area contributed by atoms with E-state index >= 15 is 0 Å². The van der Waals surface area contributed by atoms with Crippen molar-refractivity contribution in [3.05, 3.63) is 75.0 Å². The van der Waals surface area contributed by atoms with Gasteiger partial charge in [0.25, 0.3) is 11.8 Å². The number of furan rings is 1. The Morgan fingerprint density at radius 2 is 1.92 bits per heavy atom. The van der Waals surface area contributed by atoms with Gasteiger partial charge in [-0.1, -0.05) is 28.1 Å². The van der Waals surface area contributed by atoms with Gasteiger partial charge in [0.1, 0.15) is 0 Å². The molecular formula is C18H15BrN2O3S. The van der Waals surface area contributed by atoms with Crippen LogP contribution in [0.3, 0.4) is 0 Å². The van der Waals surface area contributed by atoms with Gasteiger partial charge in [0.05, 0.1) is 16.1 Å². The van der Waals surface area contributed by atoms with Crippen molar-refractivity contribution in [1.29, 1.82) is 0 Å². The second kappa shape index (κ2) is 7.67. The van der Waals surface area contributed by atoms with E-state index < -0.39 is 0 Å². The van der Waals surface area contributed by atoms with Crippen LogP contribution in [-0.2, 0) is 6.54 Å². The van der Waals surface area contributed by atoms with Crippen LogP contribution in [0.15, 0.2) is 57.6 Å². The number of hydrogen-bond donors (Lipinski definition) is 2. The van der Waals surface area contributed by atoms with Crippen molar-refractivity contribution in [2.75, 3.05) is 5.32 Å². The molecule has 0 aliphatic carbocycles. The van der Waals surface area contributed by atoms with Gasteiger partial charge in [0.2, 0.25) is 0 Å². The molecule has 7 heteroatoms. The molecule has 25 heavy (non-hydrogen) atoms. The van der Waals surface area contributed by atoms with Gasteiger partial charge in [-0.15, -0.1) is 11.3 Å². The summed E-state index contributed by atoms with van der Waals surface area (Å²) in [5.41, 5.74) is 1.82. The Balaban J connectivity index is 1.64. The number of thiophene rings is 1. The number of carbonyl (C=O) groups is 2. The average Bonchev–Trinajstić information content (AvgIpc) is 3.24. The fourth-order valence-electron chi connectivity index (χ4n) is 2.22. The average molecular weight is 419 g/mol. The van der Waals surface area contributed by atoms with E-state index in [4.69, 9.17) is 4.42 Å². The number of halogens is 1. The van der Waals surface area contributed by atoms with Crippen molar-refractivity contribution in [2.45, 2.75) is 13.5 Å². The minimum Gasteiger partial charge on any atom is -0.459 e. The third-order valence-corrected chi connectivity index (χ3v) is 5.15. The predicted molar refractivity (Wildman–Crippen MR) is 101 cm³/mol. The van der Waals surface area contributed by atoms with E-state index in [0.717, 1.165) is 15.6 Å². The smallest absolute Gasteiger partial charge is 0.291 e. The summed E-state index contributed by atoms with van der Waals surface area (Å²) in [6, 6.07) is 12.8. The van der Waals surface area contributed by atoms with Crippen LogP contribution in [0.1, 0.15) is 31.4 Å². The van der Waals surface area contributed by atoms with E-state index in [9.17, 15) is 9.59 Å². The quantitative estimate of drug-likeness (QED) is 0.635. The molecule has 1 aromatic carbocycles. The van der Waals surface area contributed by atoms with E-state index in [0.29, 0.717) is 16.4 Å². The molecule has 0 saturated carbocycles. The number of rotatable bonds is 5. The number of carbonyl (C=O) groups excluding carboxylic acids is 2. The van der Waals surface area contributed by atoms with Crippen LogP contribution in [0.25, 0.3) is 0 Å². The fourth-order valence-corrected chi connectivity index (χ4v) is 3.46. The predicted octanol–water partition coefficient (Wildman–Crippen LogP) is 4.59. The second-order valence-electron chi connectivity index (χ2n) is 5.36. The van der Waals surface area contributed by atoms with Crippen LogP contribution in [-0.4, -0.2) is 11.8 Å². The normalized spacial score (nSPS) is 10.5. The van der Waals surface area contributed by atoms with Gasteiger partial charge < -0.3 is 15.1 Å². The molecule has 128 valence electrons. The zero-order valence-electron chi connectivity index (χ0n) is 13.3. The zero-order chi connectivity index (χ0) is 17.8. The maximum Gasteiger partial charge on any atom is 0.291 e. The summed E-state index contributed by atoms with van der Waals surface area (Å²) in [4.78, 5) is 25.0. The van der Waals surface area contributed by atoms with E-state index in [1.54, 1.807) is 18.2 Å². The highest BCUT2D eigenvalue weighted by Crippen LogP contribution is 2.27. The Kier molecular flexibility index (Phi) is 5.35. The van der Waals surface area contributed by atoms with Crippen molar-refractivity contribution < 1.29 is 14.0 Å². The molecule has 0 radical (unpaired) electrons. The number of nitrogens with one attached hydrogen (secondary N) is 2. The topological polar surface area (TPSA) is 71.3 Å². The molecule has 3 rings (SSSR count). The lowest BCUT2D eigenvalue weighted by molar-refractivity contribution is 0.0953. The Hall–Kier alpha value is -2.38. The van der Waals surface area contributed by atoms with Gasteiger partial charge in [-0.2, -0.15) is 0 Å². The third-order valence-electron chi connectivity index (χ3n) is 3.47. The molecule has 0 spiro atoms. The molecule has 5 nitrogen and oxygen atoms in total. The molecule has 0 fully saturated rings. The summed E-state index contributed by atoms with van der Waals surface area (Å²) in [5, 5.41) is 6.24. The van der Waals surface area contributed by atoms with Crippen LogP contribution in [0.5, 0.6) is 0 Å². The summed E-state index contributed by atoms with van der Waals surface area (Å²) >= 11 is 4.62. The molecule has 0 aliphatic heterocycles. The van der Waals surface area contributed by atoms with Crippen molar-refractivity contribution >= 4 is 44.1 Å². The first kappa shape index (κ1) is 17.4. The Morgan fingerprint density at radius 3 is 2.60 bits per heavy atom. The summed E-state index contributed by atoms with van der Waals surface area (Å²) < 4.78 is 6.05. The monoisotopic (exact) mass is 418 g/mol. The summed E-state index contributed by atoms with van der Waals surface area (Å²) in [6.45, 7) is 2.28. The van der Waals surface area contributed by atoms with E-state index in [2.05, 4.69) is 26.6 Å². The summed E-state index contributed by atoms with van der Waals surface area (Å²) in [6.07, 6.45) is 1.44. The van der Waals surface area contributed by atoms with E-state index in [1.807, 2.05) is 31.2 Å². The molecular weight excluding hydrogens is 404 g/mol. The highest BCUT2D eigenvalue weighted by molar-refractivity contribution is 9.10. The lowest BCUT2D eigenvalue weighted by Crippen LogP contribution is -2.22. The van der Waals surface area contributed by atoms with Gasteiger partial charge in [0.15, 0.2) is 5.76 Å². The minimum atomic E-state index is -0.340. The molecule has 2 amide bonds. The van der Waals surface area contributed by atoms with Gasteiger partial charge in [-0.25, -0.2) is 0 Å². The summed E-state index contributed by atoms with van der Waals surface area (Å²) in [5.74, 6) is -0.274. The maximum atomic E-state index is 12.4. The Bertz CT molecular complexity index is 886. The van der Waals surface area contributed by atoms with E-state index in [-0.39, 0.29) is 17.6 Å². The third kappa shape index (κ3) is 4.37. The zero-order valence-corrected chi connectivity index (χ0v) is 15.7. The Morgan fingerprint density at radius 1 is 1.16 bits per heavy atom. The van der Waals surface area contributed by atoms with Crippen LogP contribution in [0.4, 0.5) is 5.00 Å². The second-order valence-corrected chi connectivity index (χ2v) is 7.33. The number of amides is 2. The standard InChI is InChI=1S/C18H15BrN2O3S/c1-11-9-15(21-17(22)14-3-2-8-24-14)25-16(11)18(23)20-10-12-4-6-13(19)7-5-12/h2-9H,10H2,1H3,(H,20,23)(H,21,22). The summed E-state index contributed by atoms with van der Waals surface area (Å²) in [7, 11) is 0. The number of anilines is 1. The molecule has 3 aromatic rings. The van der Waals surface area contributed by atoms with Crippen molar-refractivity contribution in [2.24, 2.45) is 0 Å². The molecule has 0 aliphatic rings. The van der Waals surface area contributed by atoms with Crippen molar-refractivity contribution in [3.63, 3.8) is 0 Å². The molecule has 2 N–H and O–H groups in total. The lowest BCUT2D eigenvalue weighted by Gasteiger charge is -2.05. The number of aryl methyl sites for hydroxylation is 1. The van der Waals surface area contributed by atoms with Gasteiger partial charge in [-0.05, 0) is 48.4 Å². The van der Waals surface area contributed by atoms with Gasteiger partial charge in [0, 0.05) is 11.0 Å². The molecule has 2 heterocycles. The van der Waals surface area contributed by atoms with Gasteiger partial charge in [-0.3, -0.25) is 9.59 Å². The Labute approximate surface area is 157 Å². The first-order chi connectivity index (χ1) is 12.0. The van der Waals surface area contributed by atoms with E-state index in [1.165, 1.54) is 17.6 Å². The first-order valence-corrected chi connectivity index (χ1v) is 9.12. The van der Waals surface area contributed by atoms with Crippen LogP contribution in [0, 0.1) is 6.92 Å². The highest BCUT2D eigenvalue weighted by Gasteiger charge is 2.16. The maximum absolute atomic E-state index is 12.4. The van der Waals surface area contributed by atoms with Crippen LogP contribution >= 0.6 is 27.3 Å². The minimum absolute atomic E-state index is 0.163. The molecule has 2 aromatic heterocycles. The van der Waals surface area contributed by atoms with Crippen LogP contribution < -0.4 is 10.6 Å². The fraction of sp³-hybridized carbons (Fsp3) is 0.111. The number of hydrogen-bond acceptors (Lipinski definition) is 4. The molecule has 0 atom stereocenters. The van der Waals surface area contributed by atoms with Crippen LogP contribution in [0.2, 0.25) is 0 Å². The van der Waals surface area contributed by atoms with Crippen molar-refractivity contribution in [1.82, 2.24) is 5.32 Å². The molecule has 0 saturated heterocycles. The highest BCUT2D eigenvalue weighted by atomic mass is 79.9. The lowest BCUT2D eigenvalue weighted by atomic mass is 10.2. The molecule has 0 bridgehead atoms. The number of benzene rings is 1. The first-order valence-electron chi connectivity index (χ1n) is 7.51.